The van der Waals surface area contributed by atoms with Crippen LogP contribution in [0.3, 0.4) is 0 Å². The van der Waals surface area contributed by atoms with Crippen molar-refractivity contribution < 1.29 is 18.0 Å². The molecule has 0 aromatic heterocycles. The maximum absolute atomic E-state index is 14.0. The highest BCUT2D eigenvalue weighted by Crippen LogP contribution is 2.26. The lowest BCUT2D eigenvalue weighted by molar-refractivity contribution is -0.141. The lowest BCUT2D eigenvalue weighted by Crippen LogP contribution is -2.52. The van der Waals surface area contributed by atoms with Crippen LogP contribution in [0.1, 0.15) is 56.1 Å². The van der Waals surface area contributed by atoms with Crippen molar-refractivity contribution in [2.45, 2.75) is 70.0 Å². The number of nitrogens with zero attached hydrogens (tertiary/aromatic N) is 2. The van der Waals surface area contributed by atoms with Crippen LogP contribution in [0, 0.1) is 0 Å². The molecule has 44 heavy (non-hydrogen) atoms. The average Bonchev–Trinajstić information content (AvgIpc) is 3.00. The number of carbonyl (C=O) groups excluding carboxylic acids is 2. The molecule has 0 spiro atoms. The van der Waals surface area contributed by atoms with Gasteiger partial charge in [0.1, 0.15) is 6.04 Å². The summed E-state index contributed by atoms with van der Waals surface area (Å²) in [5, 5.41) is 4.47. The summed E-state index contributed by atoms with van der Waals surface area (Å²) < 4.78 is 26.5. The Kier molecular flexibility index (Phi) is 12.4. The molecule has 236 valence electrons. The zero-order chi connectivity index (χ0) is 31.7. The Morgan fingerprint density at radius 2 is 1.57 bits per heavy atom. The molecule has 0 radical (unpaired) electrons. The first-order valence-electron chi connectivity index (χ1n) is 14.8. The molecule has 0 aliphatic heterocycles. The standard InChI is InChI=1S/C33H38Cl3N3O4S/c1-44(42,43)39(28-17-15-26(34)16-18-28)20-8-13-32(40)38(23-25-14-19-29(35)30(36)21-25)31(22-24-9-4-2-5-10-24)33(41)37-27-11-6-3-7-12-27/h2,4-5,9-10,14-19,21,27,31H,3,6-8,11-13,20,22-23H2,1H3,(H,37,41). The number of carbonyl (C=O) groups is 2. The molecule has 3 aromatic carbocycles. The van der Waals surface area contributed by atoms with Crippen LogP contribution in [0.2, 0.25) is 15.1 Å². The van der Waals surface area contributed by atoms with E-state index in [1.807, 2.05) is 30.3 Å². The van der Waals surface area contributed by atoms with E-state index in [0.29, 0.717) is 27.2 Å². The Balaban J connectivity index is 1.60. The fourth-order valence-corrected chi connectivity index (χ4v) is 6.96. The molecule has 1 aliphatic rings. The minimum absolute atomic E-state index is 0.0307. The monoisotopic (exact) mass is 677 g/mol. The second-order valence-corrected chi connectivity index (χ2v) is 14.4. The first kappa shape index (κ1) is 34.1. The number of hydrogen-bond donors (Lipinski definition) is 1. The molecular weight excluding hydrogens is 641 g/mol. The number of hydrogen-bond acceptors (Lipinski definition) is 4. The van der Waals surface area contributed by atoms with Crippen molar-refractivity contribution in [3.05, 3.63) is 99.0 Å². The van der Waals surface area contributed by atoms with E-state index in [-0.39, 0.29) is 43.8 Å². The van der Waals surface area contributed by atoms with E-state index in [1.165, 1.54) is 4.31 Å². The summed E-state index contributed by atoms with van der Waals surface area (Å²) in [4.78, 5) is 29.6. The van der Waals surface area contributed by atoms with Gasteiger partial charge in [-0.15, -0.1) is 0 Å². The van der Waals surface area contributed by atoms with Crippen molar-refractivity contribution in [1.82, 2.24) is 10.2 Å². The summed E-state index contributed by atoms with van der Waals surface area (Å²) in [7, 11) is -3.62. The fraction of sp³-hybridized carbons (Fsp3) is 0.394. The summed E-state index contributed by atoms with van der Waals surface area (Å²) in [6.07, 6.45) is 6.83. The molecule has 1 saturated carbocycles. The molecular formula is C33H38Cl3N3O4S. The van der Waals surface area contributed by atoms with E-state index in [0.717, 1.165) is 49.5 Å². The summed E-state index contributed by atoms with van der Waals surface area (Å²) >= 11 is 18.5. The molecule has 11 heteroatoms. The fourth-order valence-electron chi connectivity index (χ4n) is 5.54. The van der Waals surface area contributed by atoms with Crippen molar-refractivity contribution in [3.63, 3.8) is 0 Å². The molecule has 1 unspecified atom stereocenters. The van der Waals surface area contributed by atoms with Crippen molar-refractivity contribution in [3.8, 4) is 0 Å². The van der Waals surface area contributed by atoms with Crippen LogP contribution in [-0.4, -0.2) is 50.0 Å². The first-order valence-corrected chi connectivity index (χ1v) is 17.8. The molecule has 1 fully saturated rings. The van der Waals surface area contributed by atoms with Gasteiger partial charge in [-0.2, -0.15) is 0 Å². The van der Waals surface area contributed by atoms with Gasteiger partial charge in [0.2, 0.25) is 21.8 Å². The quantitative estimate of drug-likeness (QED) is 0.206. The zero-order valence-electron chi connectivity index (χ0n) is 24.7. The van der Waals surface area contributed by atoms with Gasteiger partial charge in [-0.1, -0.05) is 90.5 Å². The molecule has 2 amide bonds. The van der Waals surface area contributed by atoms with Crippen LogP contribution in [0.4, 0.5) is 5.69 Å². The minimum Gasteiger partial charge on any atom is -0.352 e. The number of sulfonamides is 1. The summed E-state index contributed by atoms with van der Waals surface area (Å²) in [5.41, 5.74) is 2.12. The maximum atomic E-state index is 14.0. The summed E-state index contributed by atoms with van der Waals surface area (Å²) in [6.45, 7) is 0.225. The largest absolute Gasteiger partial charge is 0.352 e. The van der Waals surface area contributed by atoms with Crippen molar-refractivity contribution in [1.29, 1.82) is 0 Å². The molecule has 4 rings (SSSR count). The van der Waals surface area contributed by atoms with Crippen LogP contribution in [0.15, 0.2) is 72.8 Å². The Hall–Kier alpha value is -2.78. The summed E-state index contributed by atoms with van der Waals surface area (Å²) in [5.74, 6) is -0.464. The van der Waals surface area contributed by atoms with E-state index in [1.54, 1.807) is 47.4 Å². The van der Waals surface area contributed by atoms with Crippen molar-refractivity contribution in [2.75, 3.05) is 17.1 Å². The van der Waals surface area contributed by atoms with Gasteiger partial charge in [-0.05, 0) is 66.8 Å². The lowest BCUT2D eigenvalue weighted by Gasteiger charge is -2.34. The van der Waals surface area contributed by atoms with Crippen LogP contribution in [0.5, 0.6) is 0 Å². The number of benzene rings is 3. The molecule has 1 aliphatic carbocycles. The highest BCUT2D eigenvalue weighted by molar-refractivity contribution is 7.92. The second kappa shape index (κ2) is 16.0. The van der Waals surface area contributed by atoms with Crippen LogP contribution < -0.4 is 9.62 Å². The topological polar surface area (TPSA) is 86.8 Å². The van der Waals surface area contributed by atoms with E-state index in [4.69, 9.17) is 34.8 Å². The van der Waals surface area contributed by atoms with Crippen molar-refractivity contribution in [2.24, 2.45) is 0 Å². The Morgan fingerprint density at radius 1 is 0.886 bits per heavy atom. The van der Waals surface area contributed by atoms with Gasteiger partial charge in [0.15, 0.2) is 0 Å². The molecule has 0 saturated heterocycles. The minimum atomic E-state index is -3.62. The third kappa shape index (κ3) is 9.86. The highest BCUT2D eigenvalue weighted by atomic mass is 35.5. The molecule has 0 bridgehead atoms. The van der Waals surface area contributed by atoms with Gasteiger partial charge in [0.25, 0.3) is 0 Å². The predicted octanol–water partition coefficient (Wildman–Crippen LogP) is 7.28. The van der Waals surface area contributed by atoms with Gasteiger partial charge in [0.05, 0.1) is 22.0 Å². The number of amides is 2. The Morgan fingerprint density at radius 3 is 2.20 bits per heavy atom. The summed E-state index contributed by atoms with van der Waals surface area (Å²) in [6, 6.07) is 20.6. The predicted molar refractivity (Wildman–Crippen MR) is 179 cm³/mol. The van der Waals surface area contributed by atoms with E-state index in [2.05, 4.69) is 5.32 Å². The van der Waals surface area contributed by atoms with Gasteiger partial charge < -0.3 is 10.2 Å². The molecule has 1 N–H and O–H groups in total. The van der Waals surface area contributed by atoms with Crippen LogP contribution in [0.25, 0.3) is 0 Å². The van der Waals surface area contributed by atoms with Gasteiger partial charge in [-0.25, -0.2) is 8.42 Å². The normalized spacial score (nSPS) is 14.5. The van der Waals surface area contributed by atoms with E-state index >= 15 is 0 Å². The second-order valence-electron chi connectivity index (χ2n) is 11.2. The Labute approximate surface area is 275 Å². The van der Waals surface area contributed by atoms with E-state index < -0.39 is 16.1 Å². The van der Waals surface area contributed by atoms with E-state index in [9.17, 15) is 18.0 Å². The smallest absolute Gasteiger partial charge is 0.243 e. The number of halogens is 3. The van der Waals surface area contributed by atoms with Crippen LogP contribution >= 0.6 is 34.8 Å². The van der Waals surface area contributed by atoms with Gasteiger partial charge >= 0.3 is 0 Å². The highest BCUT2D eigenvalue weighted by Gasteiger charge is 2.32. The molecule has 0 heterocycles. The molecule has 1 atom stereocenters. The molecule has 7 nitrogen and oxygen atoms in total. The number of nitrogens with one attached hydrogen (secondary N) is 1. The average molecular weight is 679 g/mol. The Bertz CT molecular complexity index is 1510. The SMILES string of the molecule is CS(=O)(=O)N(CCCC(=O)N(Cc1ccc(Cl)c(Cl)c1)C(Cc1ccccc1)C(=O)NC1CCCCC1)c1ccc(Cl)cc1. The first-order chi connectivity index (χ1) is 21.0. The molecule has 3 aromatic rings. The van der Waals surface area contributed by atoms with Crippen LogP contribution in [-0.2, 0) is 32.6 Å². The number of anilines is 1. The third-order valence-corrected chi connectivity index (χ3v) is 10.0. The number of rotatable bonds is 13. The third-order valence-electron chi connectivity index (χ3n) is 7.83. The van der Waals surface area contributed by atoms with Gasteiger partial charge in [0, 0.05) is 37.0 Å². The lowest BCUT2D eigenvalue weighted by atomic mass is 9.94. The van der Waals surface area contributed by atoms with Crippen molar-refractivity contribution >= 4 is 62.3 Å². The van der Waals surface area contributed by atoms with Gasteiger partial charge in [-0.3, -0.25) is 13.9 Å². The maximum Gasteiger partial charge on any atom is 0.243 e. The zero-order valence-corrected chi connectivity index (χ0v) is 27.8.